The number of ether oxygens (including phenoxy) is 1. The minimum Gasteiger partial charge on any atom is -0.494 e. The van der Waals surface area contributed by atoms with Crippen LogP contribution in [-0.4, -0.2) is 19.2 Å². The molecular weight excluding hydrogens is 440 g/mol. The number of amides is 1. The summed E-state index contributed by atoms with van der Waals surface area (Å²) in [4.78, 5) is 12.1. The standard InChI is InChI=1S/C17H12Br2N2O3/c1-23-16-12(18)6-10(7-13(16)19)9-20-21-17(22)15-8-11-4-2-3-5-14(11)24-15/h2-9H,1H3,(H,21,22)/b20-9+. The van der Waals surface area contributed by atoms with Gasteiger partial charge in [0, 0.05) is 5.39 Å². The Balaban J connectivity index is 1.73. The van der Waals surface area contributed by atoms with Crippen LogP contribution in [0.2, 0.25) is 0 Å². The number of hydrazone groups is 1. The fourth-order valence-electron chi connectivity index (χ4n) is 2.16. The minimum atomic E-state index is -0.408. The molecule has 0 unspecified atom stereocenters. The van der Waals surface area contributed by atoms with Gasteiger partial charge in [0.1, 0.15) is 11.3 Å². The Labute approximate surface area is 154 Å². The van der Waals surface area contributed by atoms with Crippen LogP contribution in [0.4, 0.5) is 0 Å². The third kappa shape index (κ3) is 3.52. The van der Waals surface area contributed by atoms with Gasteiger partial charge in [0.15, 0.2) is 5.76 Å². The molecule has 0 fully saturated rings. The van der Waals surface area contributed by atoms with Gasteiger partial charge in [-0.25, -0.2) is 5.43 Å². The van der Waals surface area contributed by atoms with Crippen molar-refractivity contribution in [2.24, 2.45) is 5.10 Å². The van der Waals surface area contributed by atoms with Crippen LogP contribution in [0.5, 0.6) is 5.75 Å². The SMILES string of the molecule is COc1c(Br)cc(/C=N/NC(=O)c2cc3ccccc3o2)cc1Br. The molecule has 2 aromatic carbocycles. The zero-order valence-corrected chi connectivity index (χ0v) is 15.7. The van der Waals surface area contributed by atoms with Crippen LogP contribution in [0.3, 0.4) is 0 Å². The molecule has 1 aromatic heterocycles. The Morgan fingerprint density at radius 3 is 2.58 bits per heavy atom. The number of benzene rings is 2. The van der Waals surface area contributed by atoms with E-state index in [4.69, 9.17) is 9.15 Å². The van der Waals surface area contributed by atoms with Gasteiger partial charge in [0.05, 0.1) is 22.3 Å². The number of nitrogens with zero attached hydrogens (tertiary/aromatic N) is 1. The van der Waals surface area contributed by atoms with E-state index < -0.39 is 5.91 Å². The fourth-order valence-corrected chi connectivity index (χ4v) is 3.71. The molecule has 1 heterocycles. The number of carbonyl (C=O) groups excluding carboxylic acids is 1. The number of nitrogens with one attached hydrogen (secondary N) is 1. The third-order valence-electron chi connectivity index (χ3n) is 3.25. The number of carbonyl (C=O) groups is 1. The normalized spacial score (nSPS) is 11.1. The molecule has 0 radical (unpaired) electrons. The number of methoxy groups -OCH3 is 1. The number of para-hydroxylation sites is 1. The lowest BCUT2D eigenvalue weighted by Crippen LogP contribution is -2.16. The van der Waals surface area contributed by atoms with E-state index in [0.717, 1.165) is 19.9 Å². The third-order valence-corrected chi connectivity index (χ3v) is 4.43. The van der Waals surface area contributed by atoms with Crippen molar-refractivity contribution in [1.82, 2.24) is 5.43 Å². The highest BCUT2D eigenvalue weighted by atomic mass is 79.9. The molecule has 3 rings (SSSR count). The van der Waals surface area contributed by atoms with Crippen LogP contribution >= 0.6 is 31.9 Å². The summed E-state index contributed by atoms with van der Waals surface area (Å²) in [7, 11) is 1.59. The molecule has 3 aromatic rings. The van der Waals surface area contributed by atoms with Crippen LogP contribution in [0.15, 0.2) is 60.9 Å². The molecule has 122 valence electrons. The molecule has 0 saturated carbocycles. The maximum atomic E-state index is 12.1. The Morgan fingerprint density at radius 2 is 1.92 bits per heavy atom. The molecule has 0 saturated heterocycles. The summed E-state index contributed by atoms with van der Waals surface area (Å²) >= 11 is 6.83. The molecule has 7 heteroatoms. The second-order valence-electron chi connectivity index (χ2n) is 4.87. The van der Waals surface area contributed by atoms with Gasteiger partial charge in [-0.2, -0.15) is 5.10 Å². The predicted octanol–water partition coefficient (Wildman–Crippen LogP) is 4.73. The molecule has 0 atom stereocenters. The lowest BCUT2D eigenvalue weighted by Gasteiger charge is -2.06. The van der Waals surface area contributed by atoms with Gasteiger partial charge in [-0.15, -0.1) is 0 Å². The summed E-state index contributed by atoms with van der Waals surface area (Å²) in [6, 6.07) is 12.8. The Morgan fingerprint density at radius 1 is 1.21 bits per heavy atom. The largest absolute Gasteiger partial charge is 0.494 e. The van der Waals surface area contributed by atoms with Crippen molar-refractivity contribution in [2.45, 2.75) is 0 Å². The molecule has 24 heavy (non-hydrogen) atoms. The first-order chi connectivity index (χ1) is 11.6. The van der Waals surface area contributed by atoms with Crippen molar-refractivity contribution in [3.8, 4) is 5.75 Å². The van der Waals surface area contributed by atoms with Crippen molar-refractivity contribution >= 4 is 55.0 Å². The average molecular weight is 452 g/mol. The molecule has 0 bridgehead atoms. The van der Waals surface area contributed by atoms with Gasteiger partial charge in [-0.3, -0.25) is 4.79 Å². The van der Waals surface area contributed by atoms with Crippen LogP contribution in [0, 0.1) is 0 Å². The van der Waals surface area contributed by atoms with E-state index in [1.165, 1.54) is 6.21 Å². The predicted molar refractivity (Wildman–Crippen MR) is 99.7 cm³/mol. The first kappa shape index (κ1) is 16.7. The highest BCUT2D eigenvalue weighted by molar-refractivity contribution is 9.11. The van der Waals surface area contributed by atoms with Gasteiger partial charge in [0.2, 0.25) is 0 Å². The number of halogens is 2. The summed E-state index contributed by atoms with van der Waals surface area (Å²) in [5, 5.41) is 4.83. The summed E-state index contributed by atoms with van der Waals surface area (Å²) in [5.74, 6) is 0.498. The van der Waals surface area contributed by atoms with E-state index in [-0.39, 0.29) is 5.76 Å². The molecule has 0 aliphatic rings. The van der Waals surface area contributed by atoms with Gasteiger partial charge in [-0.05, 0) is 61.7 Å². The number of rotatable bonds is 4. The fraction of sp³-hybridized carbons (Fsp3) is 0.0588. The second-order valence-corrected chi connectivity index (χ2v) is 6.57. The van der Waals surface area contributed by atoms with E-state index in [9.17, 15) is 4.79 Å². The molecule has 5 nitrogen and oxygen atoms in total. The highest BCUT2D eigenvalue weighted by Gasteiger charge is 2.11. The number of fused-ring (bicyclic) bond motifs is 1. The van der Waals surface area contributed by atoms with Gasteiger partial charge < -0.3 is 9.15 Å². The molecule has 1 N–H and O–H groups in total. The Kier molecular flexibility index (Phi) is 5.01. The number of furan rings is 1. The lowest BCUT2D eigenvalue weighted by molar-refractivity contribution is 0.0929. The van der Waals surface area contributed by atoms with Gasteiger partial charge in [0.25, 0.3) is 0 Å². The number of hydrogen-bond donors (Lipinski definition) is 1. The van der Waals surface area contributed by atoms with Crippen LogP contribution < -0.4 is 10.2 Å². The van der Waals surface area contributed by atoms with Crippen molar-refractivity contribution in [3.05, 3.63) is 62.7 Å². The van der Waals surface area contributed by atoms with E-state index in [1.807, 2.05) is 36.4 Å². The van der Waals surface area contributed by atoms with Crippen molar-refractivity contribution in [2.75, 3.05) is 7.11 Å². The zero-order valence-electron chi connectivity index (χ0n) is 12.5. The van der Waals surface area contributed by atoms with Crippen LogP contribution in [-0.2, 0) is 0 Å². The average Bonchev–Trinajstić information content (AvgIpc) is 2.98. The summed E-state index contributed by atoms with van der Waals surface area (Å²) in [6.45, 7) is 0. The lowest BCUT2D eigenvalue weighted by atomic mass is 10.2. The molecule has 1 amide bonds. The summed E-state index contributed by atoms with van der Waals surface area (Å²) in [5.41, 5.74) is 3.90. The van der Waals surface area contributed by atoms with Gasteiger partial charge in [-0.1, -0.05) is 18.2 Å². The maximum Gasteiger partial charge on any atom is 0.307 e. The van der Waals surface area contributed by atoms with Gasteiger partial charge >= 0.3 is 5.91 Å². The zero-order chi connectivity index (χ0) is 17.1. The number of hydrogen-bond acceptors (Lipinski definition) is 4. The first-order valence-corrected chi connectivity index (χ1v) is 8.52. The summed E-state index contributed by atoms with van der Waals surface area (Å²) in [6.07, 6.45) is 1.54. The Bertz CT molecular complexity index is 878. The van der Waals surface area contributed by atoms with E-state index >= 15 is 0 Å². The second kappa shape index (κ2) is 7.19. The van der Waals surface area contributed by atoms with E-state index in [1.54, 1.807) is 13.2 Å². The smallest absolute Gasteiger partial charge is 0.307 e. The molecule has 0 spiro atoms. The first-order valence-electron chi connectivity index (χ1n) is 6.93. The summed E-state index contributed by atoms with van der Waals surface area (Å²) < 4.78 is 12.3. The molecule has 0 aliphatic heterocycles. The highest BCUT2D eigenvalue weighted by Crippen LogP contribution is 2.33. The quantitative estimate of drug-likeness (QED) is 0.460. The topological polar surface area (TPSA) is 63.8 Å². The van der Waals surface area contributed by atoms with E-state index in [0.29, 0.717) is 11.3 Å². The maximum absolute atomic E-state index is 12.1. The van der Waals surface area contributed by atoms with Crippen molar-refractivity contribution < 1.29 is 13.9 Å². The van der Waals surface area contributed by atoms with Crippen LogP contribution in [0.25, 0.3) is 11.0 Å². The molecule has 0 aliphatic carbocycles. The Hall–Kier alpha value is -2.12. The van der Waals surface area contributed by atoms with Crippen molar-refractivity contribution in [3.63, 3.8) is 0 Å². The van der Waals surface area contributed by atoms with Crippen molar-refractivity contribution in [1.29, 1.82) is 0 Å². The van der Waals surface area contributed by atoms with Crippen LogP contribution in [0.1, 0.15) is 16.1 Å². The van der Waals surface area contributed by atoms with E-state index in [2.05, 4.69) is 42.4 Å². The monoisotopic (exact) mass is 450 g/mol. The minimum absolute atomic E-state index is 0.213. The molecular formula is C17H12Br2N2O3.